The molecule has 7 heteroatoms. The van der Waals surface area contributed by atoms with Gasteiger partial charge in [0.2, 0.25) is 0 Å². The third-order valence-corrected chi connectivity index (χ3v) is 4.80. The van der Waals surface area contributed by atoms with Gasteiger partial charge in [-0.3, -0.25) is 4.79 Å². The van der Waals surface area contributed by atoms with E-state index in [1.165, 1.54) is 0 Å². The maximum atomic E-state index is 13.2. The van der Waals surface area contributed by atoms with Gasteiger partial charge in [0.15, 0.2) is 11.6 Å². The zero-order valence-electron chi connectivity index (χ0n) is 16.8. The maximum absolute atomic E-state index is 13.2. The molecule has 1 N–H and O–H groups in total. The first-order valence-corrected chi connectivity index (χ1v) is 9.82. The van der Waals surface area contributed by atoms with Crippen LogP contribution in [0.15, 0.2) is 95.7 Å². The monoisotopic (exact) mass is 409 g/mol. The van der Waals surface area contributed by atoms with Crippen molar-refractivity contribution < 1.29 is 9.21 Å². The summed E-state index contributed by atoms with van der Waals surface area (Å²) in [4.78, 5) is 13.2. The molecule has 0 spiro atoms. The first-order valence-electron chi connectivity index (χ1n) is 9.82. The molecule has 0 aliphatic heterocycles. The second-order valence-electron chi connectivity index (χ2n) is 7.02. The van der Waals surface area contributed by atoms with Crippen molar-refractivity contribution in [2.24, 2.45) is 0 Å². The molecule has 0 aliphatic carbocycles. The van der Waals surface area contributed by atoms with Crippen molar-refractivity contribution in [2.75, 3.05) is 5.32 Å². The molecule has 0 radical (unpaired) electrons. The number of benzene rings is 2. The van der Waals surface area contributed by atoms with Crippen LogP contribution in [0.3, 0.4) is 0 Å². The standard InChI is InChI=1S/C24H19N5O2/c1-17-12-13-21(31-17)23-20(16-29(27-23)19-10-6-3-7-11-19)24(30)25-22-14-15-28(26-22)18-8-4-2-5-9-18/h2-16H,1H3,(H,25,26,30). The molecule has 7 nitrogen and oxygen atoms in total. The van der Waals surface area contributed by atoms with Crippen molar-refractivity contribution in [1.29, 1.82) is 0 Å². The van der Waals surface area contributed by atoms with Gasteiger partial charge in [0.1, 0.15) is 11.5 Å². The predicted molar refractivity (Wildman–Crippen MR) is 118 cm³/mol. The van der Waals surface area contributed by atoms with Crippen LogP contribution in [-0.2, 0) is 0 Å². The Balaban J connectivity index is 1.48. The molecular weight excluding hydrogens is 390 g/mol. The Bertz CT molecular complexity index is 1330. The van der Waals surface area contributed by atoms with E-state index in [4.69, 9.17) is 4.42 Å². The number of carbonyl (C=O) groups is 1. The molecule has 2 aromatic carbocycles. The summed E-state index contributed by atoms with van der Waals surface area (Å²) in [7, 11) is 0. The predicted octanol–water partition coefficient (Wildman–Crippen LogP) is 4.88. The van der Waals surface area contributed by atoms with E-state index in [2.05, 4.69) is 15.5 Å². The van der Waals surface area contributed by atoms with Crippen LogP contribution in [0, 0.1) is 6.92 Å². The highest BCUT2D eigenvalue weighted by Gasteiger charge is 2.21. The summed E-state index contributed by atoms with van der Waals surface area (Å²) in [5.41, 5.74) is 2.62. The maximum Gasteiger partial charge on any atom is 0.260 e. The first kappa shape index (κ1) is 18.6. The number of hydrogen-bond donors (Lipinski definition) is 1. The quantitative estimate of drug-likeness (QED) is 0.449. The van der Waals surface area contributed by atoms with Gasteiger partial charge >= 0.3 is 0 Å². The molecular formula is C24H19N5O2. The highest BCUT2D eigenvalue weighted by atomic mass is 16.3. The number of amides is 1. The molecule has 3 aromatic heterocycles. The van der Waals surface area contributed by atoms with Crippen LogP contribution in [0.1, 0.15) is 16.1 Å². The summed E-state index contributed by atoms with van der Waals surface area (Å²) < 4.78 is 9.13. The van der Waals surface area contributed by atoms with Crippen LogP contribution in [0.25, 0.3) is 22.8 Å². The van der Waals surface area contributed by atoms with E-state index in [-0.39, 0.29) is 5.91 Å². The minimum atomic E-state index is -0.315. The van der Waals surface area contributed by atoms with E-state index < -0.39 is 0 Å². The summed E-state index contributed by atoms with van der Waals surface area (Å²) >= 11 is 0. The third-order valence-electron chi connectivity index (χ3n) is 4.80. The van der Waals surface area contributed by atoms with Gasteiger partial charge in [0.25, 0.3) is 5.91 Å². The smallest absolute Gasteiger partial charge is 0.260 e. The van der Waals surface area contributed by atoms with E-state index in [9.17, 15) is 4.79 Å². The molecule has 31 heavy (non-hydrogen) atoms. The molecule has 152 valence electrons. The summed E-state index contributed by atoms with van der Waals surface area (Å²) in [6.07, 6.45) is 3.50. The Morgan fingerprint density at radius 2 is 1.52 bits per heavy atom. The lowest BCUT2D eigenvalue weighted by atomic mass is 10.2. The Morgan fingerprint density at radius 3 is 2.16 bits per heavy atom. The summed E-state index contributed by atoms with van der Waals surface area (Å²) in [5.74, 6) is 1.41. The Morgan fingerprint density at radius 1 is 0.839 bits per heavy atom. The molecule has 0 unspecified atom stereocenters. The Kier molecular flexibility index (Phi) is 4.68. The van der Waals surface area contributed by atoms with Gasteiger partial charge in [-0.2, -0.15) is 10.2 Å². The number of nitrogens with one attached hydrogen (secondary N) is 1. The largest absolute Gasteiger partial charge is 0.460 e. The van der Waals surface area contributed by atoms with Crippen molar-refractivity contribution in [2.45, 2.75) is 6.92 Å². The highest BCUT2D eigenvalue weighted by molar-refractivity contribution is 6.07. The van der Waals surface area contributed by atoms with Crippen LogP contribution in [0.4, 0.5) is 5.82 Å². The number of nitrogens with zero attached hydrogens (tertiary/aromatic N) is 4. The molecule has 0 saturated heterocycles. The van der Waals surface area contributed by atoms with Crippen LogP contribution < -0.4 is 5.32 Å². The number of hydrogen-bond acceptors (Lipinski definition) is 4. The van der Waals surface area contributed by atoms with E-state index in [0.29, 0.717) is 22.8 Å². The molecule has 0 fully saturated rings. The van der Waals surface area contributed by atoms with Gasteiger partial charge in [-0.25, -0.2) is 9.36 Å². The normalized spacial score (nSPS) is 10.9. The van der Waals surface area contributed by atoms with Crippen LogP contribution in [0.5, 0.6) is 0 Å². The highest BCUT2D eigenvalue weighted by Crippen LogP contribution is 2.26. The first-order chi connectivity index (χ1) is 15.2. The average molecular weight is 409 g/mol. The number of anilines is 1. The fourth-order valence-corrected chi connectivity index (χ4v) is 3.30. The van der Waals surface area contributed by atoms with Gasteiger partial charge in [0, 0.05) is 18.5 Å². The molecule has 3 heterocycles. The van der Waals surface area contributed by atoms with Gasteiger partial charge in [-0.1, -0.05) is 36.4 Å². The second kappa shape index (κ2) is 7.79. The number of aryl methyl sites for hydroxylation is 1. The minimum Gasteiger partial charge on any atom is -0.460 e. The number of furan rings is 1. The molecule has 0 aliphatic rings. The zero-order valence-corrected chi connectivity index (χ0v) is 16.8. The zero-order chi connectivity index (χ0) is 21.2. The molecule has 0 bridgehead atoms. The van der Waals surface area contributed by atoms with Crippen LogP contribution in [0.2, 0.25) is 0 Å². The van der Waals surface area contributed by atoms with E-state index >= 15 is 0 Å². The summed E-state index contributed by atoms with van der Waals surface area (Å²) in [6, 6.07) is 24.7. The average Bonchev–Trinajstić information content (AvgIpc) is 3.54. The van der Waals surface area contributed by atoms with Gasteiger partial charge in [-0.15, -0.1) is 0 Å². The summed E-state index contributed by atoms with van der Waals surface area (Å²) in [5, 5.41) is 11.9. The number of carbonyl (C=O) groups excluding carboxylic acids is 1. The van der Waals surface area contributed by atoms with E-state index in [0.717, 1.165) is 17.1 Å². The van der Waals surface area contributed by atoms with Gasteiger partial charge in [0.05, 0.1) is 16.9 Å². The van der Waals surface area contributed by atoms with E-state index in [1.807, 2.05) is 79.7 Å². The summed E-state index contributed by atoms with van der Waals surface area (Å²) in [6.45, 7) is 1.85. The molecule has 0 atom stereocenters. The number of rotatable bonds is 5. The number of para-hydroxylation sites is 2. The molecule has 5 aromatic rings. The van der Waals surface area contributed by atoms with Crippen molar-refractivity contribution in [1.82, 2.24) is 19.6 Å². The molecule has 1 amide bonds. The lowest BCUT2D eigenvalue weighted by molar-refractivity contribution is 0.102. The Labute approximate surface area is 178 Å². The van der Waals surface area contributed by atoms with Crippen molar-refractivity contribution in [3.63, 3.8) is 0 Å². The number of aromatic nitrogens is 4. The fourth-order valence-electron chi connectivity index (χ4n) is 3.30. The minimum absolute atomic E-state index is 0.315. The van der Waals surface area contributed by atoms with Crippen molar-refractivity contribution in [3.05, 3.63) is 103 Å². The lowest BCUT2D eigenvalue weighted by Gasteiger charge is -2.02. The van der Waals surface area contributed by atoms with Crippen LogP contribution >= 0.6 is 0 Å². The SMILES string of the molecule is Cc1ccc(-c2nn(-c3ccccc3)cc2C(=O)Nc2ccn(-c3ccccc3)n2)o1. The van der Waals surface area contributed by atoms with Crippen LogP contribution in [-0.4, -0.2) is 25.5 Å². The molecule has 5 rings (SSSR count). The van der Waals surface area contributed by atoms with Gasteiger partial charge < -0.3 is 9.73 Å². The molecule has 0 saturated carbocycles. The lowest BCUT2D eigenvalue weighted by Crippen LogP contribution is -2.13. The van der Waals surface area contributed by atoms with Crippen molar-refractivity contribution in [3.8, 4) is 22.8 Å². The van der Waals surface area contributed by atoms with Crippen molar-refractivity contribution >= 4 is 11.7 Å². The topological polar surface area (TPSA) is 77.9 Å². The fraction of sp³-hybridized carbons (Fsp3) is 0.0417. The third kappa shape index (κ3) is 3.76. The van der Waals surface area contributed by atoms with E-state index in [1.54, 1.807) is 27.8 Å². The Hall–Kier alpha value is -4.39. The van der Waals surface area contributed by atoms with Gasteiger partial charge in [-0.05, 0) is 43.3 Å². The second-order valence-corrected chi connectivity index (χ2v) is 7.02.